The second kappa shape index (κ2) is 8.41. The highest BCUT2D eigenvalue weighted by Crippen LogP contribution is 2.34. The normalized spacial score (nSPS) is 10.1. The average Bonchev–Trinajstić information content (AvgIpc) is 2.51. The first-order valence-corrected chi connectivity index (χ1v) is 8.73. The molecule has 0 radical (unpaired) electrons. The lowest BCUT2D eigenvalue weighted by Gasteiger charge is -2.12. The highest BCUT2D eigenvalue weighted by atomic mass is 79.9. The van der Waals surface area contributed by atoms with Gasteiger partial charge in [-0.2, -0.15) is 0 Å². The predicted octanol–water partition coefficient (Wildman–Crippen LogP) is 2.79. The first-order chi connectivity index (χ1) is 11.4. The quantitative estimate of drug-likeness (QED) is 0.471. The van der Waals surface area contributed by atoms with Crippen LogP contribution in [0.15, 0.2) is 39.3 Å². The van der Waals surface area contributed by atoms with Crippen molar-refractivity contribution in [3.8, 4) is 5.75 Å². The molecule has 2 aromatic carbocycles. The number of hydrogen-bond acceptors (Lipinski definition) is 4. The van der Waals surface area contributed by atoms with Crippen molar-refractivity contribution in [3.63, 3.8) is 0 Å². The van der Waals surface area contributed by atoms with E-state index in [4.69, 9.17) is 17.0 Å². The van der Waals surface area contributed by atoms with Crippen LogP contribution in [0.1, 0.15) is 6.92 Å². The van der Waals surface area contributed by atoms with Crippen molar-refractivity contribution in [1.82, 2.24) is 16.2 Å². The Balaban J connectivity index is 1.94. The van der Waals surface area contributed by atoms with Gasteiger partial charge in [0.15, 0.2) is 11.7 Å². The second-order valence-corrected chi connectivity index (χ2v) is 6.83. The van der Waals surface area contributed by atoms with Crippen LogP contribution in [0.4, 0.5) is 0 Å². The van der Waals surface area contributed by atoms with Gasteiger partial charge in [-0.05, 0) is 57.1 Å². The van der Waals surface area contributed by atoms with E-state index in [-0.39, 0.29) is 17.6 Å². The van der Waals surface area contributed by atoms with Crippen molar-refractivity contribution in [1.29, 1.82) is 0 Å². The van der Waals surface area contributed by atoms with Gasteiger partial charge in [-0.15, -0.1) is 0 Å². The van der Waals surface area contributed by atoms with Crippen LogP contribution in [0.3, 0.4) is 0 Å². The molecule has 0 aromatic heterocycles. The molecular formula is C15H13Br2N3O3S. The lowest BCUT2D eigenvalue weighted by atomic mass is 10.1. The number of hydrazine groups is 1. The molecule has 0 saturated carbocycles. The summed E-state index contributed by atoms with van der Waals surface area (Å²) in [5.41, 5.74) is 4.73. The zero-order chi connectivity index (χ0) is 17.7. The summed E-state index contributed by atoms with van der Waals surface area (Å²) in [5, 5.41) is 4.34. The maximum absolute atomic E-state index is 11.7. The molecule has 24 heavy (non-hydrogen) atoms. The van der Waals surface area contributed by atoms with Crippen LogP contribution >= 0.6 is 44.1 Å². The van der Waals surface area contributed by atoms with E-state index in [2.05, 4.69) is 48.0 Å². The Bertz CT molecular complexity index is 814. The highest BCUT2D eigenvalue weighted by Gasteiger charge is 2.09. The highest BCUT2D eigenvalue weighted by molar-refractivity contribution is 9.11. The number of nitrogens with one attached hydrogen (secondary N) is 3. The zero-order valence-electron chi connectivity index (χ0n) is 12.5. The fraction of sp³-hybridized carbons (Fsp3) is 0.133. The first kappa shape index (κ1) is 18.6. The van der Waals surface area contributed by atoms with Crippen LogP contribution in [0.5, 0.6) is 5.75 Å². The molecule has 0 spiro atoms. The smallest absolute Gasteiger partial charge is 0.276 e. The Morgan fingerprint density at radius 3 is 2.62 bits per heavy atom. The third-order valence-electron chi connectivity index (χ3n) is 2.84. The molecule has 2 rings (SSSR count). The van der Waals surface area contributed by atoms with Crippen molar-refractivity contribution in [2.24, 2.45) is 0 Å². The Morgan fingerprint density at radius 1 is 1.17 bits per heavy atom. The number of carbonyl (C=O) groups is 2. The molecule has 6 nitrogen and oxygen atoms in total. The Labute approximate surface area is 160 Å². The van der Waals surface area contributed by atoms with Gasteiger partial charge in [-0.3, -0.25) is 20.4 Å². The summed E-state index contributed by atoms with van der Waals surface area (Å²) in [5.74, 6) is -0.223. The second-order valence-electron chi connectivity index (χ2n) is 4.72. The standard InChI is InChI=1S/C15H13Br2N3O3S/c1-8(21)18-15(24)20-19-13(22)7-23-12-5-2-9-6-10(16)3-4-11(9)14(12)17/h2-6H,7H2,1H3,(H,19,22)(H2,18,20,21,24). The largest absolute Gasteiger partial charge is 0.483 e. The van der Waals surface area contributed by atoms with E-state index in [1.807, 2.05) is 24.3 Å². The van der Waals surface area contributed by atoms with Crippen molar-refractivity contribution in [3.05, 3.63) is 39.3 Å². The lowest BCUT2D eigenvalue weighted by molar-refractivity contribution is -0.124. The lowest BCUT2D eigenvalue weighted by Crippen LogP contribution is -2.49. The van der Waals surface area contributed by atoms with Gasteiger partial charge in [0.05, 0.1) is 4.47 Å². The number of thiocarbonyl (C=S) groups is 1. The molecule has 0 aliphatic rings. The van der Waals surface area contributed by atoms with Gasteiger partial charge in [0.2, 0.25) is 5.91 Å². The third-order valence-corrected chi connectivity index (χ3v) is 4.36. The maximum atomic E-state index is 11.7. The van der Waals surface area contributed by atoms with E-state index in [9.17, 15) is 9.59 Å². The molecule has 0 bridgehead atoms. The summed E-state index contributed by atoms with van der Waals surface area (Å²) in [6, 6.07) is 9.55. The summed E-state index contributed by atoms with van der Waals surface area (Å²) >= 11 is 11.7. The van der Waals surface area contributed by atoms with Crippen molar-refractivity contribution < 1.29 is 14.3 Å². The molecule has 9 heteroatoms. The summed E-state index contributed by atoms with van der Waals surface area (Å²) in [7, 11) is 0. The van der Waals surface area contributed by atoms with Crippen LogP contribution in [0.25, 0.3) is 10.8 Å². The monoisotopic (exact) mass is 473 g/mol. The number of rotatable bonds is 3. The Kier molecular flexibility index (Phi) is 6.52. The van der Waals surface area contributed by atoms with Gasteiger partial charge in [0, 0.05) is 11.4 Å². The third kappa shape index (κ3) is 5.15. The average molecular weight is 475 g/mol. The number of fused-ring (bicyclic) bond motifs is 1. The van der Waals surface area contributed by atoms with Crippen LogP contribution in [0, 0.1) is 0 Å². The Morgan fingerprint density at radius 2 is 1.92 bits per heavy atom. The number of ether oxygens (including phenoxy) is 1. The fourth-order valence-corrected chi connectivity index (χ4v) is 3.03. The van der Waals surface area contributed by atoms with Crippen LogP contribution in [-0.2, 0) is 9.59 Å². The maximum Gasteiger partial charge on any atom is 0.276 e. The minimum atomic E-state index is -0.439. The molecule has 126 valence electrons. The van der Waals surface area contributed by atoms with Crippen LogP contribution < -0.4 is 20.9 Å². The molecular weight excluding hydrogens is 462 g/mol. The molecule has 0 unspecified atom stereocenters. The Hall–Kier alpha value is -1.71. The van der Waals surface area contributed by atoms with Crippen molar-refractivity contribution in [2.75, 3.05) is 6.61 Å². The fourth-order valence-electron chi connectivity index (χ4n) is 1.85. The summed E-state index contributed by atoms with van der Waals surface area (Å²) in [6.07, 6.45) is 0. The van der Waals surface area contributed by atoms with Gasteiger partial charge in [-0.25, -0.2) is 0 Å². The molecule has 0 aliphatic carbocycles. The number of hydrogen-bond donors (Lipinski definition) is 3. The minimum Gasteiger partial charge on any atom is -0.483 e. The van der Waals surface area contributed by atoms with E-state index in [1.54, 1.807) is 6.07 Å². The van der Waals surface area contributed by atoms with E-state index in [0.29, 0.717) is 5.75 Å². The summed E-state index contributed by atoms with van der Waals surface area (Å²) in [4.78, 5) is 22.5. The molecule has 0 aliphatic heterocycles. The first-order valence-electron chi connectivity index (χ1n) is 6.74. The van der Waals surface area contributed by atoms with Crippen molar-refractivity contribution >= 4 is 71.8 Å². The van der Waals surface area contributed by atoms with Crippen LogP contribution in [0.2, 0.25) is 0 Å². The summed E-state index contributed by atoms with van der Waals surface area (Å²) in [6.45, 7) is 1.10. The molecule has 0 heterocycles. The van der Waals surface area contributed by atoms with Gasteiger partial charge < -0.3 is 10.1 Å². The SMILES string of the molecule is CC(=O)NC(=S)NNC(=O)COc1ccc2cc(Br)ccc2c1Br. The van der Waals surface area contributed by atoms with Gasteiger partial charge >= 0.3 is 0 Å². The predicted molar refractivity (Wildman–Crippen MR) is 103 cm³/mol. The van der Waals surface area contributed by atoms with E-state index < -0.39 is 5.91 Å². The molecule has 0 fully saturated rings. The van der Waals surface area contributed by atoms with E-state index >= 15 is 0 Å². The van der Waals surface area contributed by atoms with Gasteiger partial charge in [-0.1, -0.05) is 28.1 Å². The number of halogens is 2. The number of benzene rings is 2. The zero-order valence-corrected chi connectivity index (χ0v) is 16.5. The molecule has 3 N–H and O–H groups in total. The minimum absolute atomic E-state index is 0.00770. The van der Waals surface area contributed by atoms with Gasteiger partial charge in [0.1, 0.15) is 5.75 Å². The van der Waals surface area contributed by atoms with E-state index in [0.717, 1.165) is 19.7 Å². The van der Waals surface area contributed by atoms with Crippen LogP contribution in [-0.4, -0.2) is 23.5 Å². The van der Waals surface area contributed by atoms with E-state index in [1.165, 1.54) is 6.92 Å². The molecule has 2 amide bonds. The molecule has 2 aromatic rings. The topological polar surface area (TPSA) is 79.5 Å². The number of amides is 2. The molecule has 0 saturated heterocycles. The van der Waals surface area contributed by atoms with Gasteiger partial charge in [0.25, 0.3) is 5.91 Å². The molecule has 0 atom stereocenters. The number of carbonyl (C=O) groups excluding carboxylic acids is 2. The van der Waals surface area contributed by atoms with Crippen molar-refractivity contribution in [2.45, 2.75) is 6.92 Å². The summed E-state index contributed by atoms with van der Waals surface area (Å²) < 4.78 is 7.26.